The Kier molecular flexibility index (Phi) is 5.71. The summed E-state index contributed by atoms with van der Waals surface area (Å²) in [6, 6.07) is 16.6. The Balaban J connectivity index is 1.74. The molecule has 2 aromatic carbocycles. The summed E-state index contributed by atoms with van der Waals surface area (Å²) in [6.45, 7) is 1.82. The molecule has 4 aromatic rings. The smallest absolute Gasteiger partial charge is 0.405 e. The van der Waals surface area contributed by atoms with Gasteiger partial charge in [-0.1, -0.05) is 54.6 Å². The van der Waals surface area contributed by atoms with Gasteiger partial charge in [0.25, 0.3) is 5.56 Å². The van der Waals surface area contributed by atoms with Crippen molar-refractivity contribution in [1.82, 2.24) is 14.9 Å². The fraction of sp³-hybridized carbons (Fsp3) is 0.269. The van der Waals surface area contributed by atoms with Crippen LogP contribution in [0.15, 0.2) is 69.0 Å². The van der Waals surface area contributed by atoms with Gasteiger partial charge in [0, 0.05) is 23.9 Å². The molecule has 5 rings (SSSR count). The number of benzene rings is 2. The number of aromatic nitrogens is 2. The average molecular weight is 508 g/mol. The molecule has 0 radical (unpaired) electrons. The number of rotatable bonds is 6. The quantitative estimate of drug-likeness (QED) is 0.370. The molecule has 0 bridgehead atoms. The minimum atomic E-state index is -3.78. The van der Waals surface area contributed by atoms with E-state index in [1.807, 2.05) is 54.6 Å². The zero-order valence-corrected chi connectivity index (χ0v) is 20.6. The van der Waals surface area contributed by atoms with Gasteiger partial charge < -0.3 is 14.8 Å². The molecule has 2 N–H and O–H groups in total. The molecule has 0 spiro atoms. The van der Waals surface area contributed by atoms with Crippen molar-refractivity contribution < 1.29 is 22.7 Å². The highest BCUT2D eigenvalue weighted by molar-refractivity contribution is 7.90. The van der Waals surface area contributed by atoms with Crippen molar-refractivity contribution in [3.05, 3.63) is 70.5 Å². The Hall–Kier alpha value is -3.92. The van der Waals surface area contributed by atoms with Crippen molar-refractivity contribution in [2.45, 2.75) is 43.4 Å². The summed E-state index contributed by atoms with van der Waals surface area (Å²) in [6.07, 6.45) is 2.31. The second-order valence-electron chi connectivity index (χ2n) is 9.01. The van der Waals surface area contributed by atoms with Crippen LogP contribution >= 0.6 is 0 Å². The highest BCUT2D eigenvalue weighted by Crippen LogP contribution is 2.43. The molecule has 1 saturated carbocycles. The molecule has 2 aromatic heterocycles. The van der Waals surface area contributed by atoms with E-state index < -0.39 is 27.0 Å². The van der Waals surface area contributed by atoms with Crippen molar-refractivity contribution in [3.8, 4) is 22.5 Å². The van der Waals surface area contributed by atoms with Gasteiger partial charge in [-0.2, -0.15) is 4.98 Å². The molecule has 0 saturated heterocycles. The van der Waals surface area contributed by atoms with Crippen molar-refractivity contribution in [2.75, 3.05) is 6.26 Å². The van der Waals surface area contributed by atoms with Crippen molar-refractivity contribution in [3.63, 3.8) is 0 Å². The van der Waals surface area contributed by atoms with Gasteiger partial charge in [-0.25, -0.2) is 13.2 Å². The predicted octanol–water partition coefficient (Wildman–Crippen LogP) is 4.39. The number of hydrogen-bond acceptors (Lipinski definition) is 6. The number of nitrogens with zero attached hydrogens (tertiary/aromatic N) is 2. The molecule has 0 unspecified atom stereocenters. The Labute approximate surface area is 207 Å². The van der Waals surface area contributed by atoms with Crippen LogP contribution in [0.1, 0.15) is 31.7 Å². The fourth-order valence-corrected chi connectivity index (χ4v) is 5.73. The summed E-state index contributed by atoms with van der Waals surface area (Å²) in [7, 11) is -3.78. The van der Waals surface area contributed by atoms with Crippen molar-refractivity contribution in [1.29, 1.82) is 0 Å². The van der Waals surface area contributed by atoms with Gasteiger partial charge in [-0.15, -0.1) is 0 Å². The first-order valence-electron chi connectivity index (χ1n) is 11.6. The average Bonchev–Trinajstić information content (AvgIpc) is 3.21. The summed E-state index contributed by atoms with van der Waals surface area (Å²) >= 11 is 0. The second-order valence-corrected chi connectivity index (χ2v) is 10.9. The van der Waals surface area contributed by atoms with Gasteiger partial charge in [0.15, 0.2) is 0 Å². The molecule has 0 aliphatic heterocycles. The number of fused-ring (bicyclic) bond motifs is 1. The predicted molar refractivity (Wildman–Crippen MR) is 135 cm³/mol. The highest BCUT2D eigenvalue weighted by Gasteiger charge is 2.40. The van der Waals surface area contributed by atoms with Crippen LogP contribution in [0.4, 0.5) is 4.79 Å². The number of carboxylic acid groups (broad SMARTS) is 1. The third-order valence-corrected chi connectivity index (χ3v) is 7.72. The van der Waals surface area contributed by atoms with Gasteiger partial charge in [-0.05, 0) is 37.3 Å². The number of amides is 1. The first kappa shape index (κ1) is 23.8. The topological polar surface area (TPSA) is 132 Å². The van der Waals surface area contributed by atoms with E-state index in [0.717, 1.165) is 28.4 Å². The number of carbonyl (C=O) groups is 1. The number of sulfone groups is 1. The standard InChI is InChI=1S/C26H25N3O6S/c1-3-29-23(30)20-19(16-8-5-4-6-9-16)21(35-22(20)27-24(29)36(2,33)34)17-10-12-18(13-11-17)26(14-7-15-26)28-25(31)32/h4-6,8-13,28H,3,7,14-15H2,1-2H3,(H,31,32). The van der Waals surface area contributed by atoms with E-state index in [0.29, 0.717) is 29.7 Å². The van der Waals surface area contributed by atoms with E-state index in [9.17, 15) is 23.1 Å². The fourth-order valence-electron chi connectivity index (χ4n) is 4.87. The molecule has 1 fully saturated rings. The summed E-state index contributed by atoms with van der Waals surface area (Å²) < 4.78 is 32.0. The Morgan fingerprint density at radius 3 is 2.31 bits per heavy atom. The lowest BCUT2D eigenvalue weighted by atomic mass is 9.72. The molecule has 36 heavy (non-hydrogen) atoms. The van der Waals surface area contributed by atoms with Crippen LogP contribution in [-0.2, 0) is 21.9 Å². The molecule has 186 valence electrons. The molecule has 9 nitrogen and oxygen atoms in total. The normalized spacial score (nSPS) is 14.9. The second kappa shape index (κ2) is 8.63. The summed E-state index contributed by atoms with van der Waals surface area (Å²) in [5.41, 5.74) is 1.61. The van der Waals surface area contributed by atoms with Crippen LogP contribution in [0.5, 0.6) is 0 Å². The lowest BCUT2D eigenvalue weighted by Crippen LogP contribution is -2.50. The van der Waals surface area contributed by atoms with Crippen LogP contribution < -0.4 is 10.9 Å². The van der Waals surface area contributed by atoms with E-state index in [4.69, 9.17) is 4.42 Å². The van der Waals surface area contributed by atoms with Gasteiger partial charge in [0.2, 0.25) is 20.7 Å². The summed E-state index contributed by atoms with van der Waals surface area (Å²) in [4.78, 5) is 29.1. The third kappa shape index (κ3) is 3.87. The van der Waals surface area contributed by atoms with E-state index >= 15 is 0 Å². The largest absolute Gasteiger partial charge is 0.465 e. The molecule has 0 atom stereocenters. The third-order valence-electron chi connectivity index (χ3n) is 6.74. The highest BCUT2D eigenvalue weighted by atomic mass is 32.2. The maximum atomic E-state index is 13.5. The van der Waals surface area contributed by atoms with E-state index in [2.05, 4.69) is 10.3 Å². The minimum absolute atomic E-state index is 0.0499. The van der Waals surface area contributed by atoms with E-state index in [1.54, 1.807) is 6.92 Å². The van der Waals surface area contributed by atoms with Crippen LogP contribution in [-0.4, -0.2) is 35.4 Å². The monoisotopic (exact) mass is 507 g/mol. The first-order valence-corrected chi connectivity index (χ1v) is 13.5. The minimum Gasteiger partial charge on any atom is -0.465 e. The molecule has 1 aliphatic carbocycles. The molecule has 1 aliphatic rings. The summed E-state index contributed by atoms with van der Waals surface area (Å²) in [5, 5.41) is 11.8. The van der Waals surface area contributed by atoms with Crippen LogP contribution in [0, 0.1) is 0 Å². The Morgan fingerprint density at radius 2 is 1.78 bits per heavy atom. The SMILES string of the molecule is CCn1c(S(C)(=O)=O)nc2oc(-c3ccc(C4(NC(=O)O)CCC4)cc3)c(-c3ccccc3)c2c1=O. The molecular weight excluding hydrogens is 482 g/mol. The van der Waals surface area contributed by atoms with Crippen molar-refractivity contribution in [2.24, 2.45) is 0 Å². The van der Waals surface area contributed by atoms with Gasteiger partial charge in [0.05, 0.1) is 5.54 Å². The molecule has 10 heteroatoms. The Bertz CT molecular complexity index is 1630. The van der Waals surface area contributed by atoms with Gasteiger partial charge in [0.1, 0.15) is 11.1 Å². The number of hydrogen-bond donors (Lipinski definition) is 2. The van der Waals surface area contributed by atoms with Crippen molar-refractivity contribution >= 4 is 27.0 Å². The van der Waals surface area contributed by atoms with Gasteiger partial charge >= 0.3 is 6.09 Å². The van der Waals surface area contributed by atoms with E-state index in [1.165, 1.54) is 0 Å². The first-order chi connectivity index (χ1) is 17.1. The summed E-state index contributed by atoms with van der Waals surface area (Å²) in [5.74, 6) is 0.384. The Morgan fingerprint density at radius 1 is 1.11 bits per heavy atom. The number of nitrogens with one attached hydrogen (secondary N) is 1. The molecule has 2 heterocycles. The van der Waals surface area contributed by atoms with E-state index in [-0.39, 0.29) is 22.8 Å². The lowest BCUT2D eigenvalue weighted by Gasteiger charge is -2.42. The maximum absolute atomic E-state index is 13.5. The zero-order valence-electron chi connectivity index (χ0n) is 19.8. The van der Waals surface area contributed by atoms with Crippen LogP contribution in [0.25, 0.3) is 33.6 Å². The lowest BCUT2D eigenvalue weighted by molar-refractivity contribution is 0.144. The van der Waals surface area contributed by atoms with Gasteiger partial charge in [-0.3, -0.25) is 9.36 Å². The zero-order chi connectivity index (χ0) is 25.7. The molecule has 1 amide bonds. The molecular formula is C26H25N3O6S. The van der Waals surface area contributed by atoms with Crippen LogP contribution in [0.2, 0.25) is 0 Å². The van der Waals surface area contributed by atoms with Crippen LogP contribution in [0.3, 0.4) is 0 Å². The maximum Gasteiger partial charge on any atom is 0.405 e. The number of furan rings is 1.